The molecule has 0 atom stereocenters. The first-order chi connectivity index (χ1) is 9.69. The van der Waals surface area contributed by atoms with E-state index in [2.05, 4.69) is 35.4 Å². The van der Waals surface area contributed by atoms with Gasteiger partial charge < -0.3 is 4.90 Å². The number of thioether (sulfide) groups is 1. The van der Waals surface area contributed by atoms with Gasteiger partial charge >= 0.3 is 0 Å². The van der Waals surface area contributed by atoms with Gasteiger partial charge in [0.25, 0.3) is 0 Å². The second-order valence-corrected chi connectivity index (χ2v) is 6.34. The molecule has 1 aliphatic heterocycles. The number of hydrogen-bond acceptors (Lipinski definition) is 3. The number of piperidine rings is 1. The fraction of sp³-hybridized carbons (Fsp3) is 0.562. The van der Waals surface area contributed by atoms with Gasteiger partial charge in [-0.2, -0.15) is 0 Å². The molecule has 0 unspecified atom stereocenters. The van der Waals surface area contributed by atoms with Gasteiger partial charge in [0.1, 0.15) is 0 Å². The molecular formula is C16H24N2OS. The number of hydrogen-bond donors (Lipinski definition) is 0. The average molecular weight is 292 g/mol. The Morgan fingerprint density at radius 3 is 2.45 bits per heavy atom. The SMILES string of the molecule is CSc1ccc(CN(C)CC(=O)N2CCCCC2)cc1. The molecule has 1 saturated heterocycles. The Morgan fingerprint density at radius 1 is 1.20 bits per heavy atom. The highest BCUT2D eigenvalue weighted by Crippen LogP contribution is 2.15. The summed E-state index contributed by atoms with van der Waals surface area (Å²) in [6.07, 6.45) is 5.66. The molecule has 0 saturated carbocycles. The zero-order valence-corrected chi connectivity index (χ0v) is 13.3. The second-order valence-electron chi connectivity index (χ2n) is 5.46. The molecule has 1 amide bonds. The van der Waals surface area contributed by atoms with E-state index >= 15 is 0 Å². The minimum absolute atomic E-state index is 0.271. The van der Waals surface area contributed by atoms with E-state index in [1.807, 2.05) is 11.9 Å². The molecular weight excluding hydrogens is 268 g/mol. The fourth-order valence-electron chi connectivity index (χ4n) is 2.57. The first-order valence-electron chi connectivity index (χ1n) is 7.28. The molecule has 1 fully saturated rings. The summed E-state index contributed by atoms with van der Waals surface area (Å²) in [6, 6.07) is 8.57. The standard InChI is InChI=1S/C16H24N2OS/c1-17(12-14-6-8-15(20-2)9-7-14)13-16(19)18-10-4-3-5-11-18/h6-9H,3-5,10-13H2,1-2H3. The van der Waals surface area contributed by atoms with Crippen LogP contribution >= 0.6 is 11.8 Å². The quantitative estimate of drug-likeness (QED) is 0.780. The van der Waals surface area contributed by atoms with Gasteiger partial charge in [-0.25, -0.2) is 0 Å². The van der Waals surface area contributed by atoms with Gasteiger partial charge in [-0.15, -0.1) is 11.8 Å². The molecule has 1 aromatic carbocycles. The summed E-state index contributed by atoms with van der Waals surface area (Å²) < 4.78 is 0. The predicted octanol–water partition coefficient (Wildman–Crippen LogP) is 2.85. The second kappa shape index (κ2) is 7.70. The van der Waals surface area contributed by atoms with Crippen LogP contribution in [-0.2, 0) is 11.3 Å². The van der Waals surface area contributed by atoms with Gasteiger partial charge in [-0.3, -0.25) is 9.69 Å². The minimum Gasteiger partial charge on any atom is -0.342 e. The van der Waals surface area contributed by atoms with E-state index in [4.69, 9.17) is 0 Å². The first-order valence-corrected chi connectivity index (χ1v) is 8.51. The van der Waals surface area contributed by atoms with Crippen molar-refractivity contribution in [2.24, 2.45) is 0 Å². The zero-order chi connectivity index (χ0) is 14.4. The van der Waals surface area contributed by atoms with Crippen LogP contribution < -0.4 is 0 Å². The maximum Gasteiger partial charge on any atom is 0.236 e. The van der Waals surface area contributed by atoms with E-state index < -0.39 is 0 Å². The van der Waals surface area contributed by atoms with Gasteiger partial charge in [0.05, 0.1) is 6.54 Å². The van der Waals surface area contributed by atoms with Crippen molar-refractivity contribution >= 4 is 17.7 Å². The number of rotatable bonds is 5. The molecule has 20 heavy (non-hydrogen) atoms. The van der Waals surface area contributed by atoms with E-state index in [1.165, 1.54) is 16.9 Å². The molecule has 110 valence electrons. The number of carbonyl (C=O) groups excluding carboxylic acids is 1. The van der Waals surface area contributed by atoms with Gasteiger partial charge in [-0.05, 0) is 50.3 Å². The summed E-state index contributed by atoms with van der Waals surface area (Å²) in [5, 5.41) is 0. The van der Waals surface area contributed by atoms with Crippen molar-refractivity contribution in [2.75, 3.05) is 32.9 Å². The third-order valence-electron chi connectivity index (χ3n) is 3.73. The maximum atomic E-state index is 12.2. The normalized spacial score (nSPS) is 15.7. The molecule has 1 aromatic rings. The summed E-state index contributed by atoms with van der Waals surface area (Å²) in [7, 11) is 2.02. The molecule has 0 spiro atoms. The predicted molar refractivity (Wildman–Crippen MR) is 85.0 cm³/mol. The number of carbonyl (C=O) groups is 1. The number of benzene rings is 1. The molecule has 1 aliphatic rings. The van der Waals surface area contributed by atoms with Crippen LogP contribution in [0.15, 0.2) is 29.2 Å². The molecule has 0 N–H and O–H groups in total. The topological polar surface area (TPSA) is 23.6 Å². The van der Waals surface area contributed by atoms with E-state index in [9.17, 15) is 4.79 Å². The lowest BCUT2D eigenvalue weighted by Gasteiger charge is -2.28. The molecule has 0 aliphatic carbocycles. The third-order valence-corrected chi connectivity index (χ3v) is 4.47. The molecule has 0 bridgehead atoms. The van der Waals surface area contributed by atoms with Crippen molar-refractivity contribution in [3.63, 3.8) is 0 Å². The summed E-state index contributed by atoms with van der Waals surface area (Å²) in [6.45, 7) is 3.22. The molecule has 0 aromatic heterocycles. The van der Waals surface area contributed by atoms with Gasteiger partial charge in [0, 0.05) is 24.5 Å². The Hall–Kier alpha value is -1.00. The Balaban J connectivity index is 1.81. The summed E-state index contributed by atoms with van der Waals surface area (Å²) in [5.41, 5.74) is 1.26. The lowest BCUT2D eigenvalue weighted by molar-refractivity contribution is -0.133. The first kappa shape index (κ1) is 15.4. The number of likely N-dealkylation sites (tertiary alicyclic amines) is 1. The minimum atomic E-state index is 0.271. The lowest BCUT2D eigenvalue weighted by atomic mass is 10.1. The smallest absolute Gasteiger partial charge is 0.236 e. The van der Waals surface area contributed by atoms with Crippen molar-refractivity contribution in [2.45, 2.75) is 30.7 Å². The molecule has 3 nitrogen and oxygen atoms in total. The average Bonchev–Trinajstić information content (AvgIpc) is 2.49. The van der Waals surface area contributed by atoms with Crippen molar-refractivity contribution in [3.05, 3.63) is 29.8 Å². The number of nitrogens with zero attached hydrogens (tertiary/aromatic N) is 2. The Morgan fingerprint density at radius 2 is 1.85 bits per heavy atom. The Labute approximate surface area is 126 Å². The largest absolute Gasteiger partial charge is 0.342 e. The third kappa shape index (κ3) is 4.53. The lowest BCUT2D eigenvalue weighted by Crippen LogP contribution is -2.41. The van der Waals surface area contributed by atoms with Gasteiger partial charge in [0.2, 0.25) is 5.91 Å². The molecule has 1 heterocycles. The van der Waals surface area contributed by atoms with Crippen LogP contribution in [0.2, 0.25) is 0 Å². The van der Waals surface area contributed by atoms with Gasteiger partial charge in [-0.1, -0.05) is 12.1 Å². The van der Waals surface area contributed by atoms with Crippen LogP contribution in [0.1, 0.15) is 24.8 Å². The number of amides is 1. The molecule has 2 rings (SSSR count). The Bertz CT molecular complexity index is 427. The van der Waals surface area contributed by atoms with E-state index in [0.29, 0.717) is 6.54 Å². The molecule has 0 radical (unpaired) electrons. The van der Waals surface area contributed by atoms with Crippen LogP contribution in [0.5, 0.6) is 0 Å². The van der Waals surface area contributed by atoms with Crippen molar-refractivity contribution in [1.82, 2.24) is 9.80 Å². The zero-order valence-electron chi connectivity index (χ0n) is 12.5. The highest BCUT2D eigenvalue weighted by molar-refractivity contribution is 7.98. The summed E-state index contributed by atoms with van der Waals surface area (Å²) in [4.78, 5) is 17.6. The van der Waals surface area contributed by atoms with Crippen molar-refractivity contribution < 1.29 is 4.79 Å². The van der Waals surface area contributed by atoms with Crippen molar-refractivity contribution in [3.8, 4) is 0 Å². The number of likely N-dealkylation sites (N-methyl/N-ethyl adjacent to an activating group) is 1. The van der Waals surface area contributed by atoms with Crippen molar-refractivity contribution in [1.29, 1.82) is 0 Å². The van der Waals surface area contributed by atoms with Crippen LogP contribution in [0.3, 0.4) is 0 Å². The van der Waals surface area contributed by atoms with Gasteiger partial charge in [0.15, 0.2) is 0 Å². The highest BCUT2D eigenvalue weighted by Gasteiger charge is 2.17. The highest BCUT2D eigenvalue weighted by atomic mass is 32.2. The van der Waals surface area contributed by atoms with E-state index in [-0.39, 0.29) is 5.91 Å². The summed E-state index contributed by atoms with van der Waals surface area (Å²) >= 11 is 1.75. The van der Waals surface area contributed by atoms with E-state index in [0.717, 1.165) is 32.5 Å². The monoisotopic (exact) mass is 292 g/mol. The Kier molecular flexibility index (Phi) is 5.92. The fourth-order valence-corrected chi connectivity index (χ4v) is 2.98. The van der Waals surface area contributed by atoms with Crippen LogP contribution in [0.25, 0.3) is 0 Å². The van der Waals surface area contributed by atoms with E-state index in [1.54, 1.807) is 11.8 Å². The molecule has 4 heteroatoms. The summed E-state index contributed by atoms with van der Waals surface area (Å²) in [5.74, 6) is 0.271. The van der Waals surface area contributed by atoms with Crippen LogP contribution in [0.4, 0.5) is 0 Å². The van der Waals surface area contributed by atoms with Crippen LogP contribution in [-0.4, -0.2) is 48.6 Å². The van der Waals surface area contributed by atoms with Crippen LogP contribution in [0, 0.1) is 0 Å². The maximum absolute atomic E-state index is 12.2.